The quantitative estimate of drug-likeness (QED) is 0.352. The van der Waals surface area contributed by atoms with E-state index >= 15 is 8.78 Å². The Hall–Kier alpha value is -3.70. The number of rotatable bonds is 9. The number of hydrogen-bond acceptors (Lipinski definition) is 7. The lowest BCUT2D eigenvalue weighted by Gasteiger charge is -2.40. The fraction of sp³-hybridized carbons (Fsp3) is 0.414. The number of halogens is 3. The van der Waals surface area contributed by atoms with Crippen LogP contribution in [0, 0.1) is 5.82 Å². The van der Waals surface area contributed by atoms with E-state index in [-0.39, 0.29) is 31.2 Å². The highest BCUT2D eigenvalue weighted by atomic mass is 19.3. The van der Waals surface area contributed by atoms with Gasteiger partial charge >= 0.3 is 0 Å². The van der Waals surface area contributed by atoms with E-state index in [0.29, 0.717) is 40.9 Å². The van der Waals surface area contributed by atoms with E-state index in [2.05, 4.69) is 20.6 Å². The molecule has 0 bridgehead atoms. The van der Waals surface area contributed by atoms with Crippen molar-refractivity contribution in [1.29, 1.82) is 0 Å². The fourth-order valence-corrected chi connectivity index (χ4v) is 4.38. The van der Waals surface area contributed by atoms with Crippen molar-refractivity contribution in [1.82, 2.24) is 20.2 Å². The van der Waals surface area contributed by atoms with E-state index in [0.717, 1.165) is 0 Å². The molecule has 216 valence electrons. The predicted octanol–water partition coefficient (Wildman–Crippen LogP) is 5.61. The lowest BCUT2D eigenvalue weighted by atomic mass is 9.86. The van der Waals surface area contributed by atoms with Crippen LogP contribution in [-0.4, -0.2) is 60.0 Å². The van der Waals surface area contributed by atoms with Crippen molar-refractivity contribution in [3.8, 4) is 17.4 Å². The zero-order valence-electron chi connectivity index (χ0n) is 23.4. The third-order valence-electron chi connectivity index (χ3n) is 6.53. The number of carbonyl (C=O) groups excluding carboxylic acids is 1. The van der Waals surface area contributed by atoms with Gasteiger partial charge in [-0.1, -0.05) is 13.8 Å². The van der Waals surface area contributed by atoms with Crippen LogP contribution in [0.5, 0.6) is 17.4 Å². The van der Waals surface area contributed by atoms with Crippen molar-refractivity contribution in [2.75, 3.05) is 32.6 Å². The SMILES string of the molecule is CC.CNCc1cc(C2CN(C(C)C(=O)Nc3ccc(Oc4ccc(F)cc4)cn3)CCC2(F)F)cnc1OC. The zero-order valence-corrected chi connectivity index (χ0v) is 23.4. The third kappa shape index (κ3) is 7.70. The number of likely N-dealkylation sites (tertiary alicyclic amines) is 1. The molecule has 0 aliphatic carbocycles. The number of amides is 1. The van der Waals surface area contributed by atoms with Crippen molar-refractivity contribution in [3.63, 3.8) is 0 Å². The van der Waals surface area contributed by atoms with Crippen molar-refractivity contribution in [2.24, 2.45) is 0 Å². The van der Waals surface area contributed by atoms with Crippen molar-refractivity contribution in [2.45, 2.75) is 51.6 Å². The molecule has 0 radical (unpaired) electrons. The molecule has 3 aromatic rings. The van der Waals surface area contributed by atoms with E-state index in [1.54, 1.807) is 37.1 Å². The number of benzene rings is 1. The molecule has 1 aliphatic rings. The topological polar surface area (TPSA) is 88.6 Å². The van der Waals surface area contributed by atoms with Crippen LogP contribution in [0.2, 0.25) is 0 Å². The van der Waals surface area contributed by atoms with Gasteiger partial charge in [-0.15, -0.1) is 0 Å². The van der Waals surface area contributed by atoms with Crippen molar-refractivity contribution in [3.05, 3.63) is 71.8 Å². The highest BCUT2D eigenvalue weighted by molar-refractivity contribution is 5.93. The van der Waals surface area contributed by atoms with Gasteiger partial charge in [-0.05, 0) is 62.0 Å². The van der Waals surface area contributed by atoms with Crippen molar-refractivity contribution >= 4 is 11.7 Å². The summed E-state index contributed by atoms with van der Waals surface area (Å²) in [4.78, 5) is 23.1. The van der Waals surface area contributed by atoms with E-state index < -0.39 is 17.9 Å². The summed E-state index contributed by atoms with van der Waals surface area (Å²) in [5, 5.41) is 5.73. The number of aromatic nitrogens is 2. The molecule has 1 amide bonds. The summed E-state index contributed by atoms with van der Waals surface area (Å²) in [6, 6.07) is 9.76. The molecule has 0 saturated carbocycles. The Morgan fingerprint density at radius 3 is 2.45 bits per heavy atom. The van der Waals surface area contributed by atoms with Gasteiger partial charge in [-0.25, -0.2) is 23.1 Å². The molecule has 2 unspecified atom stereocenters. The Labute approximate surface area is 232 Å². The first-order valence-corrected chi connectivity index (χ1v) is 13.2. The van der Waals surface area contributed by atoms with E-state index in [1.807, 2.05) is 13.8 Å². The van der Waals surface area contributed by atoms with Crippen LogP contribution in [0.15, 0.2) is 54.9 Å². The summed E-state index contributed by atoms with van der Waals surface area (Å²) in [6.45, 7) is 6.17. The van der Waals surface area contributed by atoms with Gasteiger partial charge in [-0.3, -0.25) is 9.69 Å². The molecular weight excluding hydrogens is 523 g/mol. The largest absolute Gasteiger partial charge is 0.481 e. The Kier molecular flexibility index (Phi) is 10.9. The van der Waals surface area contributed by atoms with Gasteiger partial charge in [0.25, 0.3) is 5.92 Å². The number of nitrogens with one attached hydrogen (secondary N) is 2. The Morgan fingerprint density at radius 2 is 1.82 bits per heavy atom. The monoisotopic (exact) mass is 559 g/mol. The number of ether oxygens (including phenoxy) is 2. The van der Waals surface area contributed by atoms with Crippen molar-refractivity contribution < 1.29 is 27.4 Å². The fourth-order valence-electron chi connectivity index (χ4n) is 4.38. The number of pyridine rings is 2. The predicted molar refractivity (Wildman–Crippen MR) is 148 cm³/mol. The molecule has 4 rings (SSSR count). The standard InChI is InChI=1S/C27H30F3N5O3.C2H6/c1-17(25(36)34-24-9-8-22(15-32-24)38-21-6-4-20(28)5-7-21)35-11-10-27(29,30)23(16-35)18-12-19(13-31-2)26(37-3)33-14-18;1-2/h4-9,12,14-15,17,23,31H,10-11,13,16H2,1-3H3,(H,32,34,36);1-2H3. The first kappa shape index (κ1) is 30.8. The van der Waals surface area contributed by atoms with Crippen LogP contribution in [0.3, 0.4) is 0 Å². The molecule has 2 N–H and O–H groups in total. The summed E-state index contributed by atoms with van der Waals surface area (Å²) in [5.74, 6) is -3.27. The molecule has 40 heavy (non-hydrogen) atoms. The van der Waals surface area contributed by atoms with Gasteiger partial charge in [0.2, 0.25) is 11.8 Å². The van der Waals surface area contributed by atoms with Gasteiger partial charge in [-0.2, -0.15) is 0 Å². The number of nitrogens with zero attached hydrogens (tertiary/aromatic N) is 3. The zero-order chi connectivity index (χ0) is 29.3. The number of hydrogen-bond donors (Lipinski definition) is 2. The molecule has 1 aromatic carbocycles. The minimum absolute atomic E-state index is 0.00747. The lowest BCUT2D eigenvalue weighted by molar-refractivity contribution is -0.125. The first-order valence-electron chi connectivity index (χ1n) is 13.2. The molecule has 3 heterocycles. The van der Waals surface area contributed by atoms with Gasteiger partial charge in [0.05, 0.1) is 25.3 Å². The highest BCUT2D eigenvalue weighted by Gasteiger charge is 2.46. The molecule has 2 aromatic heterocycles. The number of piperidine rings is 1. The maximum atomic E-state index is 15.0. The number of methoxy groups -OCH3 is 1. The average Bonchev–Trinajstić information content (AvgIpc) is 2.96. The summed E-state index contributed by atoms with van der Waals surface area (Å²) in [5.41, 5.74) is 1.08. The summed E-state index contributed by atoms with van der Waals surface area (Å²) < 4.78 is 53.9. The Balaban J connectivity index is 0.00000216. The highest BCUT2D eigenvalue weighted by Crippen LogP contribution is 2.41. The minimum atomic E-state index is -2.94. The van der Waals surface area contributed by atoms with Crippen LogP contribution < -0.4 is 20.1 Å². The molecular formula is C29H36F3N5O3. The molecule has 0 spiro atoms. The Morgan fingerprint density at radius 1 is 1.12 bits per heavy atom. The van der Waals surface area contributed by atoms with Gasteiger partial charge in [0.1, 0.15) is 23.1 Å². The van der Waals surface area contributed by atoms with Crippen LogP contribution in [0.4, 0.5) is 19.0 Å². The smallest absolute Gasteiger partial charge is 0.257 e. The van der Waals surface area contributed by atoms with Crippen LogP contribution in [-0.2, 0) is 11.3 Å². The number of alkyl halides is 2. The van der Waals surface area contributed by atoms with E-state index in [1.165, 1.54) is 43.8 Å². The number of carbonyl (C=O) groups is 1. The maximum absolute atomic E-state index is 15.0. The lowest BCUT2D eigenvalue weighted by Crippen LogP contribution is -2.52. The summed E-state index contributed by atoms with van der Waals surface area (Å²) >= 11 is 0. The van der Waals surface area contributed by atoms with Gasteiger partial charge in [0, 0.05) is 37.8 Å². The molecule has 2 atom stereocenters. The Bertz CT molecular complexity index is 1240. The van der Waals surface area contributed by atoms with Crippen LogP contribution in [0.1, 0.15) is 44.2 Å². The normalized spacial score (nSPS) is 17.2. The average molecular weight is 560 g/mol. The number of anilines is 1. The van der Waals surface area contributed by atoms with Gasteiger partial charge < -0.3 is 20.1 Å². The van der Waals surface area contributed by atoms with E-state index in [9.17, 15) is 9.18 Å². The molecule has 1 saturated heterocycles. The second kappa shape index (κ2) is 14.1. The van der Waals surface area contributed by atoms with E-state index in [4.69, 9.17) is 9.47 Å². The maximum Gasteiger partial charge on any atom is 0.257 e. The summed E-state index contributed by atoms with van der Waals surface area (Å²) in [6.07, 6.45) is 2.47. The molecule has 8 nitrogen and oxygen atoms in total. The first-order chi connectivity index (χ1) is 19.2. The molecule has 1 fully saturated rings. The van der Waals surface area contributed by atoms with Crippen LogP contribution in [0.25, 0.3) is 0 Å². The molecule has 11 heteroatoms. The van der Waals surface area contributed by atoms with Gasteiger partial charge in [0.15, 0.2) is 0 Å². The second-order valence-electron chi connectivity index (χ2n) is 9.13. The minimum Gasteiger partial charge on any atom is -0.481 e. The van der Waals surface area contributed by atoms with Crippen LogP contribution >= 0.6 is 0 Å². The molecule has 1 aliphatic heterocycles. The third-order valence-corrected chi connectivity index (χ3v) is 6.53. The summed E-state index contributed by atoms with van der Waals surface area (Å²) in [7, 11) is 3.24. The second-order valence-corrected chi connectivity index (χ2v) is 9.13.